The number of para-hydroxylation sites is 1. The number of sulfone groups is 1. The van der Waals surface area contributed by atoms with Gasteiger partial charge in [0, 0.05) is 30.5 Å². The minimum atomic E-state index is -3.06. The van der Waals surface area contributed by atoms with Gasteiger partial charge in [-0.15, -0.1) is 10.2 Å². The molecule has 8 nitrogen and oxygen atoms in total. The van der Waals surface area contributed by atoms with Gasteiger partial charge in [0.25, 0.3) is 0 Å². The Balaban J connectivity index is 1.61. The van der Waals surface area contributed by atoms with Gasteiger partial charge >= 0.3 is 0 Å². The largest absolute Gasteiger partial charge is 0.338 e. The molecule has 4 rings (SSSR count). The number of hydrogen-bond acceptors (Lipinski definition) is 7. The Kier molecular flexibility index (Phi) is 6.61. The van der Waals surface area contributed by atoms with Gasteiger partial charge in [-0.3, -0.25) is 14.3 Å². The Bertz CT molecular complexity index is 1210. The van der Waals surface area contributed by atoms with E-state index in [0.29, 0.717) is 23.9 Å². The van der Waals surface area contributed by atoms with E-state index in [1.807, 2.05) is 54.8 Å². The monoisotopic (exact) mass is 471 g/mol. The van der Waals surface area contributed by atoms with E-state index in [1.54, 1.807) is 17.3 Å². The summed E-state index contributed by atoms with van der Waals surface area (Å²) in [6, 6.07) is 11.4. The maximum Gasteiger partial charge on any atom is 0.233 e. The summed E-state index contributed by atoms with van der Waals surface area (Å²) in [5.41, 5.74) is 2.81. The van der Waals surface area contributed by atoms with Crippen molar-refractivity contribution >= 4 is 27.5 Å². The number of aryl methyl sites for hydroxylation is 1. The quantitative estimate of drug-likeness (QED) is 0.489. The van der Waals surface area contributed by atoms with E-state index in [-0.39, 0.29) is 29.2 Å². The summed E-state index contributed by atoms with van der Waals surface area (Å²) in [7, 11) is -3.06. The van der Waals surface area contributed by atoms with Gasteiger partial charge in [0.05, 0.1) is 22.9 Å². The van der Waals surface area contributed by atoms with Crippen molar-refractivity contribution in [1.82, 2.24) is 24.6 Å². The van der Waals surface area contributed by atoms with Crippen LogP contribution >= 0.6 is 11.8 Å². The van der Waals surface area contributed by atoms with Crippen molar-refractivity contribution < 1.29 is 13.2 Å². The van der Waals surface area contributed by atoms with Crippen LogP contribution in [0.5, 0.6) is 0 Å². The molecule has 3 heterocycles. The first kappa shape index (κ1) is 22.5. The number of benzene rings is 1. The van der Waals surface area contributed by atoms with Gasteiger partial charge in [-0.05, 0) is 44.0 Å². The summed E-state index contributed by atoms with van der Waals surface area (Å²) in [6.45, 7) is 4.37. The maximum atomic E-state index is 13.0. The van der Waals surface area contributed by atoms with E-state index in [2.05, 4.69) is 15.2 Å². The summed E-state index contributed by atoms with van der Waals surface area (Å²) >= 11 is 1.30. The molecule has 10 heteroatoms. The van der Waals surface area contributed by atoms with Crippen molar-refractivity contribution in [3.05, 3.63) is 54.4 Å². The van der Waals surface area contributed by atoms with Crippen molar-refractivity contribution in [2.75, 3.05) is 23.8 Å². The molecule has 1 unspecified atom stereocenters. The number of aromatic nitrogens is 4. The van der Waals surface area contributed by atoms with E-state index in [0.717, 1.165) is 16.8 Å². The SMILES string of the molecule is CCN(C(=O)CSc1nnc(-c2cccnc2)n1-c1ccccc1C)C1CCS(=O)(=O)C1. The lowest BCUT2D eigenvalue weighted by Gasteiger charge is -2.26. The molecule has 1 atom stereocenters. The summed E-state index contributed by atoms with van der Waals surface area (Å²) in [6.07, 6.45) is 3.93. The number of pyridine rings is 1. The Morgan fingerprint density at radius 1 is 1.22 bits per heavy atom. The fraction of sp³-hybridized carbons (Fsp3) is 0.364. The standard InChI is InChI=1S/C22H25N5O3S2/c1-3-26(18-10-12-32(29,30)15-18)20(28)14-31-22-25-24-21(17-8-6-11-23-13-17)27(22)19-9-5-4-7-16(19)2/h4-9,11,13,18H,3,10,12,14-15H2,1-2H3. The highest BCUT2D eigenvalue weighted by atomic mass is 32.2. The highest BCUT2D eigenvalue weighted by Gasteiger charge is 2.34. The van der Waals surface area contributed by atoms with E-state index in [9.17, 15) is 13.2 Å². The molecule has 32 heavy (non-hydrogen) atoms. The van der Waals surface area contributed by atoms with Crippen LogP contribution in [0.3, 0.4) is 0 Å². The van der Waals surface area contributed by atoms with Gasteiger partial charge in [-0.2, -0.15) is 0 Å². The van der Waals surface area contributed by atoms with Crippen LogP contribution in [-0.4, -0.2) is 68.8 Å². The molecule has 0 radical (unpaired) electrons. The second-order valence-electron chi connectivity index (χ2n) is 7.70. The molecule has 1 saturated heterocycles. The molecule has 0 saturated carbocycles. The van der Waals surface area contributed by atoms with Crippen molar-refractivity contribution in [1.29, 1.82) is 0 Å². The molecular weight excluding hydrogens is 446 g/mol. The average Bonchev–Trinajstić information content (AvgIpc) is 3.36. The second-order valence-corrected chi connectivity index (χ2v) is 10.9. The molecule has 0 N–H and O–H groups in total. The Labute approximate surface area is 192 Å². The smallest absolute Gasteiger partial charge is 0.233 e. The Morgan fingerprint density at radius 3 is 2.69 bits per heavy atom. The maximum absolute atomic E-state index is 13.0. The third kappa shape index (κ3) is 4.71. The first-order valence-corrected chi connectivity index (χ1v) is 13.2. The number of hydrogen-bond donors (Lipinski definition) is 0. The number of carbonyl (C=O) groups excluding carboxylic acids is 1. The molecule has 0 aliphatic carbocycles. The normalized spacial score (nSPS) is 17.4. The van der Waals surface area contributed by atoms with E-state index >= 15 is 0 Å². The molecule has 1 fully saturated rings. The van der Waals surface area contributed by atoms with Crippen LogP contribution in [0.2, 0.25) is 0 Å². The van der Waals surface area contributed by atoms with Crippen LogP contribution in [0.25, 0.3) is 17.1 Å². The van der Waals surface area contributed by atoms with E-state index in [1.165, 1.54) is 11.8 Å². The molecule has 1 aromatic carbocycles. The number of thioether (sulfide) groups is 1. The van der Waals surface area contributed by atoms with Gasteiger partial charge in [-0.25, -0.2) is 8.42 Å². The fourth-order valence-electron chi connectivity index (χ4n) is 3.95. The zero-order valence-corrected chi connectivity index (χ0v) is 19.6. The van der Waals surface area contributed by atoms with Gasteiger partial charge in [0.15, 0.2) is 20.8 Å². The highest BCUT2D eigenvalue weighted by molar-refractivity contribution is 7.99. The molecule has 3 aromatic rings. The molecule has 168 valence electrons. The third-order valence-electron chi connectivity index (χ3n) is 5.54. The Morgan fingerprint density at radius 2 is 2.03 bits per heavy atom. The van der Waals surface area contributed by atoms with Crippen LogP contribution in [0.4, 0.5) is 0 Å². The Hall–Kier alpha value is -2.72. The minimum absolute atomic E-state index is 0.0434. The lowest BCUT2D eigenvalue weighted by molar-refractivity contribution is -0.129. The predicted octanol–water partition coefficient (Wildman–Crippen LogP) is 2.77. The van der Waals surface area contributed by atoms with E-state index in [4.69, 9.17) is 0 Å². The minimum Gasteiger partial charge on any atom is -0.338 e. The molecule has 0 spiro atoms. The average molecular weight is 472 g/mol. The molecule has 1 amide bonds. The van der Waals surface area contributed by atoms with Crippen LogP contribution in [0, 0.1) is 6.92 Å². The van der Waals surface area contributed by atoms with Crippen LogP contribution in [-0.2, 0) is 14.6 Å². The summed E-state index contributed by atoms with van der Waals surface area (Å²) in [5.74, 6) is 0.895. The van der Waals surface area contributed by atoms with Crippen molar-refractivity contribution in [2.45, 2.75) is 31.5 Å². The second kappa shape index (κ2) is 9.41. The number of nitrogens with zero attached hydrogens (tertiary/aromatic N) is 5. The summed E-state index contributed by atoms with van der Waals surface area (Å²) in [5, 5.41) is 9.36. The summed E-state index contributed by atoms with van der Waals surface area (Å²) in [4.78, 5) is 18.8. The number of amides is 1. The van der Waals surface area contributed by atoms with Crippen molar-refractivity contribution in [3.8, 4) is 17.1 Å². The van der Waals surface area contributed by atoms with Gasteiger partial charge in [0.2, 0.25) is 5.91 Å². The van der Waals surface area contributed by atoms with Gasteiger partial charge in [0.1, 0.15) is 0 Å². The topological polar surface area (TPSA) is 98.1 Å². The number of rotatable bonds is 7. The number of carbonyl (C=O) groups is 1. The predicted molar refractivity (Wildman–Crippen MR) is 124 cm³/mol. The molecule has 2 aromatic heterocycles. The highest BCUT2D eigenvalue weighted by Crippen LogP contribution is 2.29. The zero-order valence-electron chi connectivity index (χ0n) is 18.0. The van der Waals surface area contributed by atoms with E-state index < -0.39 is 9.84 Å². The lowest BCUT2D eigenvalue weighted by atomic mass is 10.2. The molecule has 1 aliphatic rings. The van der Waals surface area contributed by atoms with Crippen molar-refractivity contribution in [3.63, 3.8) is 0 Å². The third-order valence-corrected chi connectivity index (χ3v) is 8.21. The molecular formula is C22H25N5O3S2. The van der Waals surface area contributed by atoms with Crippen LogP contribution in [0.15, 0.2) is 53.9 Å². The zero-order chi connectivity index (χ0) is 22.7. The first-order valence-electron chi connectivity index (χ1n) is 10.4. The first-order chi connectivity index (χ1) is 15.4. The molecule has 1 aliphatic heterocycles. The van der Waals surface area contributed by atoms with Crippen LogP contribution in [0.1, 0.15) is 18.9 Å². The molecule has 0 bridgehead atoms. The van der Waals surface area contributed by atoms with Gasteiger partial charge < -0.3 is 4.90 Å². The fourth-order valence-corrected chi connectivity index (χ4v) is 6.51. The summed E-state index contributed by atoms with van der Waals surface area (Å²) < 4.78 is 25.7. The lowest BCUT2D eigenvalue weighted by Crippen LogP contribution is -2.42. The van der Waals surface area contributed by atoms with Crippen LogP contribution < -0.4 is 0 Å². The van der Waals surface area contributed by atoms with Gasteiger partial charge in [-0.1, -0.05) is 30.0 Å². The van der Waals surface area contributed by atoms with Crippen molar-refractivity contribution in [2.24, 2.45) is 0 Å².